The van der Waals surface area contributed by atoms with Crippen LogP contribution in [0.1, 0.15) is 25.3 Å². The van der Waals surface area contributed by atoms with Crippen molar-refractivity contribution in [1.29, 1.82) is 0 Å². The maximum Gasteiger partial charge on any atom is 0.308 e. The molecule has 0 radical (unpaired) electrons. The van der Waals surface area contributed by atoms with Crippen molar-refractivity contribution in [3.8, 4) is 17.0 Å². The Labute approximate surface area is 186 Å². The first-order chi connectivity index (χ1) is 15.7. The van der Waals surface area contributed by atoms with Gasteiger partial charge in [0.15, 0.2) is 5.65 Å². The summed E-state index contributed by atoms with van der Waals surface area (Å²) >= 11 is 0. The number of fused-ring (bicyclic) bond motifs is 1. The number of ether oxygens (including phenoxy) is 1. The Balaban J connectivity index is 1.33. The van der Waals surface area contributed by atoms with Gasteiger partial charge in [-0.15, -0.1) is 0 Å². The predicted molar refractivity (Wildman–Crippen MR) is 125 cm³/mol. The average Bonchev–Trinajstić information content (AvgIpc) is 2.81. The van der Waals surface area contributed by atoms with Crippen LogP contribution in [0.4, 0.5) is 5.82 Å². The van der Waals surface area contributed by atoms with Crippen molar-refractivity contribution >= 4 is 23.0 Å². The van der Waals surface area contributed by atoms with Gasteiger partial charge in [0.05, 0.1) is 11.9 Å². The zero-order chi connectivity index (χ0) is 22.2. The Bertz CT molecular complexity index is 1180. The molecule has 4 aromatic rings. The molecule has 0 unspecified atom stereocenters. The minimum atomic E-state index is -0.350. The molecule has 0 spiro atoms. The summed E-state index contributed by atoms with van der Waals surface area (Å²) in [5.74, 6) is 0.837. The van der Waals surface area contributed by atoms with E-state index in [4.69, 9.17) is 4.74 Å². The van der Waals surface area contributed by atoms with Crippen LogP contribution in [0.3, 0.4) is 0 Å². The second-order valence-electron chi connectivity index (χ2n) is 7.41. The highest BCUT2D eigenvalue weighted by atomic mass is 16.5. The number of aryl methyl sites for hydroxylation is 1. The van der Waals surface area contributed by atoms with Crippen molar-refractivity contribution < 1.29 is 9.53 Å². The molecule has 0 saturated heterocycles. The first-order valence-corrected chi connectivity index (χ1v) is 10.6. The number of benzene rings is 2. The van der Waals surface area contributed by atoms with Crippen LogP contribution in [0.15, 0.2) is 72.9 Å². The van der Waals surface area contributed by atoms with E-state index in [2.05, 4.69) is 50.1 Å². The first-order valence-electron chi connectivity index (χ1n) is 10.6. The zero-order valence-corrected chi connectivity index (χ0v) is 17.9. The van der Waals surface area contributed by atoms with E-state index in [1.807, 2.05) is 30.3 Å². The van der Waals surface area contributed by atoms with Gasteiger partial charge in [-0.3, -0.25) is 9.78 Å². The van der Waals surface area contributed by atoms with E-state index >= 15 is 0 Å². The topological polar surface area (TPSA) is 89.0 Å². The monoisotopic (exact) mass is 427 g/mol. The highest BCUT2D eigenvalue weighted by molar-refractivity contribution is 5.75. The van der Waals surface area contributed by atoms with E-state index in [0.29, 0.717) is 22.9 Å². The van der Waals surface area contributed by atoms with Gasteiger partial charge in [0, 0.05) is 19.0 Å². The molecule has 0 aliphatic carbocycles. The van der Waals surface area contributed by atoms with Crippen molar-refractivity contribution in [2.24, 2.45) is 0 Å². The van der Waals surface area contributed by atoms with Gasteiger partial charge in [0.25, 0.3) is 0 Å². The predicted octanol–water partition coefficient (Wildman–Crippen LogP) is 4.56. The van der Waals surface area contributed by atoms with Gasteiger partial charge in [-0.2, -0.15) is 0 Å². The van der Waals surface area contributed by atoms with Gasteiger partial charge < -0.3 is 10.2 Å². The van der Waals surface area contributed by atoms with Crippen LogP contribution in [0.2, 0.25) is 0 Å². The highest BCUT2D eigenvalue weighted by Crippen LogP contribution is 2.22. The Hall–Kier alpha value is -3.84. The number of anilines is 1. The number of aromatic nitrogens is 3. The van der Waals surface area contributed by atoms with Crippen LogP contribution in [0.25, 0.3) is 22.4 Å². The van der Waals surface area contributed by atoms with Crippen molar-refractivity contribution in [2.45, 2.75) is 26.2 Å². The molecule has 0 fully saturated rings. The van der Waals surface area contributed by atoms with Crippen LogP contribution in [0.5, 0.6) is 5.75 Å². The molecule has 162 valence electrons. The molecule has 2 aromatic carbocycles. The number of carbonyl (C=O) groups is 1. The van der Waals surface area contributed by atoms with Gasteiger partial charge in [0.2, 0.25) is 0 Å². The van der Waals surface area contributed by atoms with E-state index < -0.39 is 0 Å². The maximum atomic E-state index is 11.1. The molecule has 0 atom stereocenters. The molecule has 2 N–H and O–H groups in total. The Morgan fingerprint density at radius 3 is 2.53 bits per heavy atom. The summed E-state index contributed by atoms with van der Waals surface area (Å²) in [7, 11) is 0. The minimum Gasteiger partial charge on any atom is -0.427 e. The summed E-state index contributed by atoms with van der Waals surface area (Å²) in [5, 5.41) is 0. The third-order valence-electron chi connectivity index (χ3n) is 4.89. The molecule has 4 rings (SSSR count). The number of hydrogen-bond acceptors (Lipinski definition) is 7. The fourth-order valence-corrected chi connectivity index (χ4v) is 3.31. The molecule has 0 aliphatic rings. The summed E-state index contributed by atoms with van der Waals surface area (Å²) in [6.45, 7) is 2.21. The van der Waals surface area contributed by atoms with Crippen molar-refractivity contribution in [3.05, 3.63) is 78.5 Å². The maximum absolute atomic E-state index is 11.1. The van der Waals surface area contributed by atoms with E-state index in [9.17, 15) is 4.79 Å². The number of hydrogen-bond donors (Lipinski definition) is 2. The molecule has 0 saturated carbocycles. The molecule has 0 aliphatic heterocycles. The molecule has 2 aromatic heterocycles. The Morgan fingerprint density at radius 1 is 0.938 bits per heavy atom. The summed E-state index contributed by atoms with van der Waals surface area (Å²) < 4.78 is 5.07. The SMILES string of the molecule is CC(=O)Oc1ccc(-c2cnc3ccc(NNCCCCc4ccccc4)nc3n2)cc1. The second-order valence-corrected chi connectivity index (χ2v) is 7.41. The van der Waals surface area contributed by atoms with Crippen molar-refractivity contribution in [1.82, 2.24) is 20.4 Å². The number of pyridine rings is 1. The second kappa shape index (κ2) is 10.5. The highest BCUT2D eigenvalue weighted by Gasteiger charge is 2.06. The average molecular weight is 428 g/mol. The molecule has 7 nitrogen and oxygen atoms in total. The number of carbonyl (C=O) groups excluding carboxylic acids is 1. The molecule has 2 heterocycles. The third-order valence-corrected chi connectivity index (χ3v) is 4.89. The third kappa shape index (κ3) is 5.86. The first kappa shape index (κ1) is 21.4. The molecule has 0 bridgehead atoms. The molecule has 0 amide bonds. The Morgan fingerprint density at radius 2 is 1.75 bits per heavy atom. The summed E-state index contributed by atoms with van der Waals surface area (Å²) in [5.41, 5.74) is 10.6. The summed E-state index contributed by atoms with van der Waals surface area (Å²) in [4.78, 5) is 24.7. The van der Waals surface area contributed by atoms with Gasteiger partial charge in [-0.1, -0.05) is 30.3 Å². The fraction of sp³-hybridized carbons (Fsp3) is 0.200. The lowest BCUT2D eigenvalue weighted by Gasteiger charge is -2.09. The van der Waals surface area contributed by atoms with E-state index in [0.717, 1.165) is 36.9 Å². The number of nitrogens with one attached hydrogen (secondary N) is 2. The zero-order valence-electron chi connectivity index (χ0n) is 17.9. The van der Waals surface area contributed by atoms with Crippen LogP contribution in [-0.4, -0.2) is 27.5 Å². The van der Waals surface area contributed by atoms with Crippen molar-refractivity contribution in [3.63, 3.8) is 0 Å². The van der Waals surface area contributed by atoms with Crippen molar-refractivity contribution in [2.75, 3.05) is 12.0 Å². The van der Waals surface area contributed by atoms with E-state index in [1.165, 1.54) is 12.5 Å². The van der Waals surface area contributed by atoms with Gasteiger partial charge in [-0.25, -0.2) is 15.4 Å². The summed E-state index contributed by atoms with van der Waals surface area (Å²) in [6.07, 6.45) is 4.97. The minimum absolute atomic E-state index is 0.350. The largest absolute Gasteiger partial charge is 0.427 e. The van der Waals surface area contributed by atoms with Gasteiger partial charge in [0.1, 0.15) is 17.1 Å². The van der Waals surface area contributed by atoms with Crippen LogP contribution in [-0.2, 0) is 11.2 Å². The lowest BCUT2D eigenvalue weighted by atomic mass is 10.1. The quantitative estimate of drug-likeness (QED) is 0.175. The van der Waals surface area contributed by atoms with Gasteiger partial charge >= 0.3 is 5.97 Å². The van der Waals surface area contributed by atoms with Crippen LogP contribution in [0, 0.1) is 0 Å². The number of nitrogens with zero attached hydrogens (tertiary/aromatic N) is 3. The fourth-order valence-electron chi connectivity index (χ4n) is 3.31. The number of hydrazine groups is 1. The van der Waals surface area contributed by atoms with Gasteiger partial charge in [-0.05, 0) is 61.2 Å². The Kier molecular flexibility index (Phi) is 6.99. The van der Waals surface area contributed by atoms with E-state index in [-0.39, 0.29) is 5.97 Å². The number of esters is 1. The van der Waals surface area contributed by atoms with E-state index in [1.54, 1.807) is 18.3 Å². The lowest BCUT2D eigenvalue weighted by Crippen LogP contribution is -2.23. The number of unbranched alkanes of at least 4 members (excludes halogenated alkanes) is 1. The smallest absolute Gasteiger partial charge is 0.308 e. The standard InChI is InChI=1S/C25H25N5O2/c1-18(31)32-21-12-10-20(11-13-21)23-17-26-22-14-15-24(29-25(22)28-23)30-27-16-6-5-9-19-7-3-2-4-8-19/h2-4,7-8,10-15,17,27H,5-6,9,16H2,1H3,(H,28,29,30). The lowest BCUT2D eigenvalue weighted by molar-refractivity contribution is -0.131. The van der Waals surface area contributed by atoms with Crippen LogP contribution >= 0.6 is 0 Å². The summed E-state index contributed by atoms with van der Waals surface area (Å²) in [6, 6.07) is 21.4. The molecular formula is C25H25N5O2. The molecule has 32 heavy (non-hydrogen) atoms. The molecular weight excluding hydrogens is 402 g/mol. The molecule has 7 heteroatoms. The number of rotatable bonds is 9. The normalized spacial score (nSPS) is 10.8. The van der Waals surface area contributed by atoms with Crippen LogP contribution < -0.4 is 15.6 Å².